The summed E-state index contributed by atoms with van der Waals surface area (Å²) in [6.07, 6.45) is 2.55. The summed E-state index contributed by atoms with van der Waals surface area (Å²) in [5.74, 6) is 0. The van der Waals surface area contributed by atoms with E-state index in [0.29, 0.717) is 0 Å². The first kappa shape index (κ1) is 14.5. The van der Waals surface area contributed by atoms with Gasteiger partial charge in [0.15, 0.2) is 0 Å². The molecule has 1 N–H and O–H groups in total. The Morgan fingerprint density at radius 2 is 1.95 bits per heavy atom. The first-order valence-electron chi connectivity index (χ1n) is 7.49. The Morgan fingerprint density at radius 1 is 1.21 bits per heavy atom. The van der Waals surface area contributed by atoms with Gasteiger partial charge in [-0.1, -0.05) is 43.7 Å². The summed E-state index contributed by atoms with van der Waals surface area (Å²) in [4.78, 5) is 2.50. The molecule has 0 saturated carbocycles. The Bertz CT molecular complexity index is 336. The number of nitrogens with zero attached hydrogens (tertiary/aromatic N) is 1. The molecule has 0 bridgehead atoms. The molecule has 0 radical (unpaired) electrons. The van der Waals surface area contributed by atoms with E-state index in [1.165, 1.54) is 12.0 Å². The maximum absolute atomic E-state index is 6.11. The first-order valence-corrected chi connectivity index (χ1v) is 7.49. The van der Waals surface area contributed by atoms with Gasteiger partial charge in [-0.2, -0.15) is 0 Å². The third kappa shape index (κ3) is 4.94. The van der Waals surface area contributed by atoms with Crippen LogP contribution in [0.2, 0.25) is 0 Å². The van der Waals surface area contributed by atoms with Gasteiger partial charge < -0.3 is 10.1 Å². The third-order valence-corrected chi connectivity index (χ3v) is 3.62. The fraction of sp³-hybridized carbons (Fsp3) is 0.625. The lowest BCUT2D eigenvalue weighted by molar-refractivity contribution is 0.0208. The summed E-state index contributed by atoms with van der Waals surface area (Å²) in [6.45, 7) is 8.52. The van der Waals surface area contributed by atoms with Crippen LogP contribution in [0.15, 0.2) is 30.3 Å². The summed E-state index contributed by atoms with van der Waals surface area (Å²) in [6, 6.07) is 10.6. The first-order chi connectivity index (χ1) is 9.40. The van der Waals surface area contributed by atoms with Gasteiger partial charge in [0, 0.05) is 39.3 Å². The molecule has 1 saturated heterocycles. The summed E-state index contributed by atoms with van der Waals surface area (Å²) in [7, 11) is 0. The molecule has 1 fully saturated rings. The highest BCUT2D eigenvalue weighted by Crippen LogP contribution is 2.19. The zero-order valence-corrected chi connectivity index (χ0v) is 12.0. The second kappa shape index (κ2) is 8.31. The lowest BCUT2D eigenvalue weighted by Crippen LogP contribution is -2.45. The van der Waals surface area contributed by atoms with Crippen LogP contribution in [0.5, 0.6) is 0 Å². The van der Waals surface area contributed by atoms with Crippen molar-refractivity contribution in [2.24, 2.45) is 0 Å². The van der Waals surface area contributed by atoms with Crippen LogP contribution in [0.3, 0.4) is 0 Å². The largest absolute Gasteiger partial charge is 0.372 e. The van der Waals surface area contributed by atoms with Crippen molar-refractivity contribution >= 4 is 0 Å². The predicted octanol–water partition coefficient (Wildman–Crippen LogP) is 2.45. The van der Waals surface area contributed by atoms with E-state index in [-0.39, 0.29) is 6.10 Å². The molecule has 1 unspecified atom stereocenters. The minimum atomic E-state index is 0.214. The highest BCUT2D eigenvalue weighted by atomic mass is 16.5. The SMILES string of the molecule is CCCCOC(CN1CCNCC1)c1ccccc1. The molecular weight excluding hydrogens is 236 g/mol. The number of rotatable bonds is 7. The molecule has 1 aliphatic rings. The summed E-state index contributed by atoms with van der Waals surface area (Å²) < 4.78 is 6.11. The minimum Gasteiger partial charge on any atom is -0.372 e. The molecule has 0 aromatic heterocycles. The summed E-state index contributed by atoms with van der Waals surface area (Å²) >= 11 is 0. The van der Waals surface area contributed by atoms with Crippen molar-refractivity contribution < 1.29 is 4.74 Å². The Kier molecular flexibility index (Phi) is 6.34. The van der Waals surface area contributed by atoms with E-state index in [2.05, 4.69) is 47.5 Å². The molecule has 1 atom stereocenters. The minimum absolute atomic E-state index is 0.214. The van der Waals surface area contributed by atoms with Crippen LogP contribution in [0, 0.1) is 0 Å². The number of hydrogen-bond donors (Lipinski definition) is 1. The van der Waals surface area contributed by atoms with E-state index in [9.17, 15) is 0 Å². The lowest BCUT2D eigenvalue weighted by atomic mass is 10.1. The van der Waals surface area contributed by atoms with Gasteiger partial charge in [-0.15, -0.1) is 0 Å². The molecule has 0 amide bonds. The van der Waals surface area contributed by atoms with E-state index in [1.807, 2.05) is 0 Å². The molecule has 3 heteroatoms. The fourth-order valence-electron chi connectivity index (χ4n) is 2.42. The molecule has 0 spiro atoms. The number of piperazine rings is 1. The molecule has 0 aliphatic carbocycles. The Hall–Kier alpha value is -0.900. The van der Waals surface area contributed by atoms with Crippen molar-refractivity contribution in [1.82, 2.24) is 10.2 Å². The van der Waals surface area contributed by atoms with Gasteiger partial charge in [0.1, 0.15) is 0 Å². The van der Waals surface area contributed by atoms with E-state index in [4.69, 9.17) is 4.74 Å². The Balaban J connectivity index is 1.92. The van der Waals surface area contributed by atoms with Crippen LogP contribution in [0.1, 0.15) is 31.4 Å². The van der Waals surface area contributed by atoms with Crippen molar-refractivity contribution in [3.05, 3.63) is 35.9 Å². The van der Waals surface area contributed by atoms with Gasteiger partial charge in [-0.25, -0.2) is 0 Å². The quantitative estimate of drug-likeness (QED) is 0.764. The normalized spacial score (nSPS) is 18.4. The number of ether oxygens (including phenoxy) is 1. The van der Waals surface area contributed by atoms with E-state index in [0.717, 1.165) is 45.8 Å². The molecular formula is C16H26N2O. The predicted molar refractivity (Wildman–Crippen MR) is 79.4 cm³/mol. The molecule has 1 aromatic rings. The summed E-state index contributed by atoms with van der Waals surface area (Å²) in [5, 5.41) is 3.40. The van der Waals surface area contributed by atoms with Crippen molar-refractivity contribution in [3.63, 3.8) is 0 Å². The lowest BCUT2D eigenvalue weighted by Gasteiger charge is -2.31. The van der Waals surface area contributed by atoms with Crippen LogP contribution >= 0.6 is 0 Å². The summed E-state index contributed by atoms with van der Waals surface area (Å²) in [5.41, 5.74) is 1.30. The Morgan fingerprint density at radius 3 is 2.63 bits per heavy atom. The van der Waals surface area contributed by atoms with Gasteiger partial charge in [-0.05, 0) is 12.0 Å². The Labute approximate surface area is 116 Å². The highest BCUT2D eigenvalue weighted by Gasteiger charge is 2.18. The average molecular weight is 262 g/mol. The maximum Gasteiger partial charge on any atom is 0.0951 e. The number of unbranched alkanes of at least 4 members (excludes halogenated alkanes) is 1. The standard InChI is InChI=1S/C16H26N2O/c1-2-3-13-19-16(15-7-5-4-6-8-15)14-18-11-9-17-10-12-18/h4-8,16-17H,2-3,9-14H2,1H3. The molecule has 1 aromatic carbocycles. The molecule has 2 rings (SSSR count). The number of nitrogens with one attached hydrogen (secondary N) is 1. The molecule has 106 valence electrons. The van der Waals surface area contributed by atoms with E-state index >= 15 is 0 Å². The van der Waals surface area contributed by atoms with Crippen LogP contribution < -0.4 is 5.32 Å². The zero-order valence-electron chi connectivity index (χ0n) is 12.0. The monoisotopic (exact) mass is 262 g/mol. The van der Waals surface area contributed by atoms with Crippen LogP contribution in [0.25, 0.3) is 0 Å². The maximum atomic E-state index is 6.11. The van der Waals surface area contributed by atoms with E-state index in [1.54, 1.807) is 0 Å². The van der Waals surface area contributed by atoms with Crippen LogP contribution in [0.4, 0.5) is 0 Å². The van der Waals surface area contributed by atoms with Crippen molar-refractivity contribution in [2.45, 2.75) is 25.9 Å². The van der Waals surface area contributed by atoms with Gasteiger partial charge in [0.2, 0.25) is 0 Å². The molecule has 1 heterocycles. The molecule has 1 aliphatic heterocycles. The van der Waals surface area contributed by atoms with Gasteiger partial charge >= 0.3 is 0 Å². The number of benzene rings is 1. The molecule has 3 nitrogen and oxygen atoms in total. The average Bonchev–Trinajstić information content (AvgIpc) is 2.48. The van der Waals surface area contributed by atoms with Gasteiger partial charge in [0.25, 0.3) is 0 Å². The third-order valence-electron chi connectivity index (χ3n) is 3.62. The smallest absolute Gasteiger partial charge is 0.0951 e. The second-order valence-corrected chi connectivity index (χ2v) is 5.17. The van der Waals surface area contributed by atoms with Crippen molar-refractivity contribution in [1.29, 1.82) is 0 Å². The second-order valence-electron chi connectivity index (χ2n) is 5.17. The topological polar surface area (TPSA) is 24.5 Å². The van der Waals surface area contributed by atoms with Crippen LogP contribution in [-0.2, 0) is 4.74 Å². The van der Waals surface area contributed by atoms with Crippen molar-refractivity contribution in [2.75, 3.05) is 39.3 Å². The van der Waals surface area contributed by atoms with Gasteiger partial charge in [0.05, 0.1) is 6.10 Å². The van der Waals surface area contributed by atoms with Crippen LogP contribution in [-0.4, -0.2) is 44.2 Å². The van der Waals surface area contributed by atoms with Crippen molar-refractivity contribution in [3.8, 4) is 0 Å². The fourth-order valence-corrected chi connectivity index (χ4v) is 2.42. The van der Waals surface area contributed by atoms with Gasteiger partial charge in [-0.3, -0.25) is 4.90 Å². The van der Waals surface area contributed by atoms with E-state index < -0.39 is 0 Å². The molecule has 19 heavy (non-hydrogen) atoms. The number of hydrogen-bond acceptors (Lipinski definition) is 3. The zero-order chi connectivity index (χ0) is 13.3. The highest BCUT2D eigenvalue weighted by molar-refractivity contribution is 5.18.